The molecular formula is C17H21ClN2O4S. The van der Waals surface area contributed by atoms with Gasteiger partial charge >= 0.3 is 0 Å². The van der Waals surface area contributed by atoms with Crippen molar-refractivity contribution in [1.29, 1.82) is 0 Å². The molecule has 0 amide bonds. The Hall–Kier alpha value is -1.86. The van der Waals surface area contributed by atoms with Crippen molar-refractivity contribution in [2.45, 2.75) is 32.6 Å². The number of halogens is 1. The first kappa shape index (κ1) is 19.5. The van der Waals surface area contributed by atoms with Gasteiger partial charge in [0.25, 0.3) is 0 Å². The van der Waals surface area contributed by atoms with Gasteiger partial charge < -0.3 is 4.74 Å². The fourth-order valence-electron chi connectivity index (χ4n) is 2.77. The molecule has 25 heavy (non-hydrogen) atoms. The summed E-state index contributed by atoms with van der Waals surface area (Å²) in [5.74, 6) is -0.0348. The van der Waals surface area contributed by atoms with Gasteiger partial charge in [-0.05, 0) is 38.0 Å². The van der Waals surface area contributed by atoms with Gasteiger partial charge in [0.15, 0.2) is 9.84 Å². The number of carbonyl (C=O) groups is 1. The lowest BCUT2D eigenvalue weighted by Gasteiger charge is -2.15. The number of sulfone groups is 1. The zero-order chi connectivity index (χ0) is 18.9. The first-order valence-corrected chi connectivity index (χ1v) is 9.90. The third-order valence-electron chi connectivity index (χ3n) is 3.97. The Morgan fingerprint density at radius 2 is 1.92 bits per heavy atom. The minimum absolute atomic E-state index is 0.0323. The SMILES string of the molecule is CCOc1c(C(=O)c2cc(C)c(S(=O)(=O)CC)c(C)c2Cl)cnn1C. The lowest BCUT2D eigenvalue weighted by molar-refractivity contribution is 0.103. The Morgan fingerprint density at radius 3 is 2.48 bits per heavy atom. The average Bonchev–Trinajstić information content (AvgIpc) is 2.91. The topological polar surface area (TPSA) is 78.3 Å². The van der Waals surface area contributed by atoms with E-state index in [-0.39, 0.29) is 32.6 Å². The molecule has 0 fully saturated rings. The Labute approximate surface area is 152 Å². The van der Waals surface area contributed by atoms with Gasteiger partial charge in [0, 0.05) is 12.6 Å². The molecule has 0 aliphatic carbocycles. The second kappa shape index (κ2) is 7.17. The molecule has 0 unspecified atom stereocenters. The molecule has 8 heteroatoms. The number of nitrogens with zero attached hydrogens (tertiary/aromatic N) is 2. The predicted molar refractivity (Wildman–Crippen MR) is 96.5 cm³/mol. The Bertz CT molecular complexity index is 933. The number of benzene rings is 1. The summed E-state index contributed by atoms with van der Waals surface area (Å²) < 4.78 is 31.6. The van der Waals surface area contributed by atoms with Crippen LogP contribution in [0.4, 0.5) is 0 Å². The highest BCUT2D eigenvalue weighted by Crippen LogP contribution is 2.33. The summed E-state index contributed by atoms with van der Waals surface area (Å²) in [5.41, 5.74) is 1.40. The lowest BCUT2D eigenvalue weighted by Crippen LogP contribution is -2.12. The van der Waals surface area contributed by atoms with E-state index in [1.54, 1.807) is 27.8 Å². The number of rotatable bonds is 6. The Morgan fingerprint density at radius 1 is 1.28 bits per heavy atom. The lowest BCUT2D eigenvalue weighted by atomic mass is 10.0. The van der Waals surface area contributed by atoms with Crippen LogP contribution in [0, 0.1) is 13.8 Å². The summed E-state index contributed by atoms with van der Waals surface area (Å²) in [4.78, 5) is 13.1. The molecule has 1 aromatic carbocycles. The number of aryl methyl sites for hydroxylation is 2. The largest absolute Gasteiger partial charge is 0.478 e. The predicted octanol–water partition coefficient (Wildman–Crippen LogP) is 3.11. The van der Waals surface area contributed by atoms with Gasteiger partial charge in [0.1, 0.15) is 5.56 Å². The molecule has 0 radical (unpaired) electrons. The molecular weight excluding hydrogens is 364 g/mol. The Kier molecular flexibility index (Phi) is 5.58. The molecule has 0 saturated heterocycles. The van der Waals surface area contributed by atoms with Crippen LogP contribution in [0.15, 0.2) is 17.2 Å². The zero-order valence-electron chi connectivity index (χ0n) is 14.9. The van der Waals surface area contributed by atoms with Crippen molar-refractivity contribution < 1.29 is 17.9 Å². The van der Waals surface area contributed by atoms with E-state index in [4.69, 9.17) is 16.3 Å². The summed E-state index contributed by atoms with van der Waals surface area (Å²) >= 11 is 6.36. The van der Waals surface area contributed by atoms with E-state index in [1.165, 1.54) is 16.9 Å². The molecule has 0 saturated carbocycles. The summed E-state index contributed by atoms with van der Waals surface area (Å²) in [6, 6.07) is 1.52. The molecule has 2 aromatic rings. The first-order chi connectivity index (χ1) is 11.7. The van der Waals surface area contributed by atoms with Crippen LogP contribution in [0.5, 0.6) is 5.88 Å². The maximum absolute atomic E-state index is 12.9. The maximum atomic E-state index is 12.9. The van der Waals surface area contributed by atoms with E-state index < -0.39 is 9.84 Å². The van der Waals surface area contributed by atoms with Gasteiger partial charge in [-0.25, -0.2) is 13.1 Å². The summed E-state index contributed by atoms with van der Waals surface area (Å²) in [6.07, 6.45) is 1.42. The van der Waals surface area contributed by atoms with E-state index >= 15 is 0 Å². The maximum Gasteiger partial charge on any atom is 0.223 e. The highest BCUT2D eigenvalue weighted by Gasteiger charge is 2.26. The number of aromatic nitrogens is 2. The Balaban J connectivity index is 2.64. The van der Waals surface area contributed by atoms with Gasteiger partial charge in [-0.2, -0.15) is 5.10 Å². The molecule has 0 spiro atoms. The van der Waals surface area contributed by atoms with Crippen molar-refractivity contribution in [3.8, 4) is 5.88 Å². The number of ketones is 1. The second-order valence-corrected chi connectivity index (χ2v) is 8.25. The standard InChI is InChI=1S/C17H21ClN2O4S/c1-6-24-17-13(9-19-20(17)5)15(21)12-8-10(3)16(11(4)14(12)18)25(22,23)7-2/h8-9H,6-7H2,1-5H3. The molecule has 0 bridgehead atoms. The third kappa shape index (κ3) is 3.43. The van der Waals surface area contributed by atoms with Crippen LogP contribution in [0.3, 0.4) is 0 Å². The number of hydrogen-bond acceptors (Lipinski definition) is 5. The summed E-state index contributed by atoms with van der Waals surface area (Å²) in [6.45, 7) is 7.05. The van der Waals surface area contributed by atoms with Gasteiger partial charge in [0.2, 0.25) is 11.7 Å². The van der Waals surface area contributed by atoms with Crippen LogP contribution >= 0.6 is 11.6 Å². The molecule has 1 heterocycles. The van der Waals surface area contributed by atoms with Crippen molar-refractivity contribution in [2.24, 2.45) is 7.05 Å². The van der Waals surface area contributed by atoms with E-state index in [1.807, 2.05) is 6.92 Å². The summed E-state index contributed by atoms with van der Waals surface area (Å²) in [7, 11) is -1.76. The van der Waals surface area contributed by atoms with Crippen LogP contribution < -0.4 is 4.74 Å². The van der Waals surface area contributed by atoms with Gasteiger partial charge in [-0.3, -0.25) is 4.79 Å². The van der Waals surface area contributed by atoms with E-state index in [2.05, 4.69) is 5.10 Å². The number of ether oxygens (including phenoxy) is 1. The molecule has 0 aliphatic heterocycles. The van der Waals surface area contributed by atoms with Crippen LogP contribution in [-0.2, 0) is 16.9 Å². The van der Waals surface area contributed by atoms with E-state index in [9.17, 15) is 13.2 Å². The van der Waals surface area contributed by atoms with E-state index in [0.29, 0.717) is 23.6 Å². The van der Waals surface area contributed by atoms with Gasteiger partial charge in [-0.1, -0.05) is 18.5 Å². The molecule has 0 atom stereocenters. The fourth-order valence-corrected chi connectivity index (χ4v) is 4.46. The highest BCUT2D eigenvalue weighted by molar-refractivity contribution is 7.91. The molecule has 136 valence electrons. The molecule has 1 aromatic heterocycles. The van der Waals surface area contributed by atoms with Crippen LogP contribution in [-0.4, -0.2) is 36.3 Å². The van der Waals surface area contributed by atoms with Crippen molar-refractivity contribution in [1.82, 2.24) is 9.78 Å². The number of hydrogen-bond donors (Lipinski definition) is 0. The smallest absolute Gasteiger partial charge is 0.223 e. The average molecular weight is 385 g/mol. The van der Waals surface area contributed by atoms with Gasteiger partial charge in [-0.15, -0.1) is 0 Å². The second-order valence-electron chi connectivity index (χ2n) is 5.66. The monoisotopic (exact) mass is 384 g/mol. The summed E-state index contributed by atoms with van der Waals surface area (Å²) in [5, 5.41) is 4.19. The quantitative estimate of drug-likeness (QED) is 0.715. The van der Waals surface area contributed by atoms with Crippen molar-refractivity contribution >= 4 is 27.2 Å². The minimum atomic E-state index is -3.44. The fraction of sp³-hybridized carbons (Fsp3) is 0.412. The first-order valence-electron chi connectivity index (χ1n) is 7.87. The van der Waals surface area contributed by atoms with Crippen LogP contribution in [0.25, 0.3) is 0 Å². The third-order valence-corrected chi connectivity index (χ3v) is 6.47. The van der Waals surface area contributed by atoms with E-state index in [0.717, 1.165) is 0 Å². The number of carbonyl (C=O) groups excluding carboxylic acids is 1. The van der Waals surface area contributed by atoms with Crippen LogP contribution in [0.1, 0.15) is 40.9 Å². The minimum Gasteiger partial charge on any atom is -0.478 e. The normalized spacial score (nSPS) is 11.6. The van der Waals surface area contributed by atoms with Gasteiger partial charge in [0.05, 0.1) is 28.5 Å². The zero-order valence-corrected chi connectivity index (χ0v) is 16.5. The van der Waals surface area contributed by atoms with Crippen molar-refractivity contribution in [3.63, 3.8) is 0 Å². The van der Waals surface area contributed by atoms with Crippen LogP contribution in [0.2, 0.25) is 5.02 Å². The molecule has 0 N–H and O–H groups in total. The van der Waals surface area contributed by atoms with Crippen molar-refractivity contribution in [2.75, 3.05) is 12.4 Å². The molecule has 2 rings (SSSR count). The molecule has 0 aliphatic rings. The van der Waals surface area contributed by atoms with Crippen molar-refractivity contribution in [3.05, 3.63) is 39.5 Å². The molecule has 6 nitrogen and oxygen atoms in total. The highest BCUT2D eigenvalue weighted by atomic mass is 35.5.